The molecule has 1 N–H and O–H groups in total. The molecule has 0 aliphatic rings. The van der Waals surface area contributed by atoms with Crippen LogP contribution in [0.2, 0.25) is 0 Å². The first-order valence-electron chi connectivity index (χ1n) is 9.06. The molecule has 6 heteroatoms. The number of nitro benzene ring substituents is 1. The van der Waals surface area contributed by atoms with Crippen molar-refractivity contribution in [1.82, 2.24) is 4.90 Å². The van der Waals surface area contributed by atoms with Crippen molar-refractivity contribution in [1.29, 1.82) is 0 Å². The number of benzene rings is 2. The van der Waals surface area contributed by atoms with Gasteiger partial charge in [-0.2, -0.15) is 0 Å². The zero-order valence-electron chi connectivity index (χ0n) is 16.4. The van der Waals surface area contributed by atoms with Crippen LogP contribution in [-0.2, 0) is 6.54 Å². The molecule has 0 aliphatic heterocycles. The molecule has 6 nitrogen and oxygen atoms in total. The second-order valence-electron chi connectivity index (χ2n) is 7.48. The molecule has 1 unspecified atom stereocenters. The van der Waals surface area contributed by atoms with Crippen LogP contribution in [0.15, 0.2) is 48.5 Å². The van der Waals surface area contributed by atoms with E-state index in [0.717, 1.165) is 5.56 Å². The molecule has 2 aromatic rings. The van der Waals surface area contributed by atoms with Gasteiger partial charge in [-0.05, 0) is 38.5 Å². The molecule has 0 fully saturated rings. The van der Waals surface area contributed by atoms with Gasteiger partial charge in [0, 0.05) is 30.6 Å². The van der Waals surface area contributed by atoms with Crippen molar-refractivity contribution >= 4 is 5.69 Å². The smallest absolute Gasteiger partial charge is 0.272 e. The van der Waals surface area contributed by atoms with E-state index in [-0.39, 0.29) is 11.6 Å². The van der Waals surface area contributed by atoms with E-state index in [4.69, 9.17) is 4.74 Å². The fraction of sp³-hybridized carbons (Fsp3) is 0.429. The molecule has 2 rings (SSSR count). The van der Waals surface area contributed by atoms with Crippen LogP contribution in [0.5, 0.6) is 5.75 Å². The van der Waals surface area contributed by atoms with Gasteiger partial charge < -0.3 is 9.84 Å². The third kappa shape index (κ3) is 6.34. The molecular weight excluding hydrogens is 344 g/mol. The van der Waals surface area contributed by atoms with Gasteiger partial charge in [-0.25, -0.2) is 0 Å². The average Bonchev–Trinajstić information content (AvgIpc) is 2.59. The molecular formula is C21H28N2O4. The molecule has 146 valence electrons. The molecule has 27 heavy (non-hydrogen) atoms. The van der Waals surface area contributed by atoms with Crippen molar-refractivity contribution in [3.8, 4) is 5.75 Å². The summed E-state index contributed by atoms with van der Waals surface area (Å²) >= 11 is 0. The first-order chi connectivity index (χ1) is 12.7. The topological polar surface area (TPSA) is 75.8 Å². The Balaban J connectivity index is 1.96. The summed E-state index contributed by atoms with van der Waals surface area (Å²) in [7, 11) is 0. The highest BCUT2D eigenvalue weighted by molar-refractivity contribution is 5.44. The van der Waals surface area contributed by atoms with Gasteiger partial charge in [-0.15, -0.1) is 0 Å². The molecule has 2 aromatic carbocycles. The van der Waals surface area contributed by atoms with Gasteiger partial charge in [0.2, 0.25) is 0 Å². The number of rotatable bonds is 9. The van der Waals surface area contributed by atoms with Crippen LogP contribution in [0.4, 0.5) is 5.69 Å². The molecule has 0 bridgehead atoms. The Labute approximate surface area is 160 Å². The minimum absolute atomic E-state index is 0.0893. The highest BCUT2D eigenvalue weighted by Gasteiger charge is 2.25. The van der Waals surface area contributed by atoms with E-state index in [2.05, 4.69) is 6.92 Å². The standard InChI is InChI=1S/C21H28N2O4/c1-16(15-27-19-10-11-20(23(25)26)17(2)12-19)13-22(21(3,4)24)14-18-8-6-5-7-9-18/h5-12,16,24H,13-15H2,1-4H3. The second kappa shape index (κ2) is 8.97. The quantitative estimate of drug-likeness (QED) is 0.406. The van der Waals surface area contributed by atoms with Gasteiger partial charge in [0.15, 0.2) is 0 Å². The van der Waals surface area contributed by atoms with Gasteiger partial charge in [0.1, 0.15) is 11.5 Å². The van der Waals surface area contributed by atoms with Crippen molar-refractivity contribution in [2.24, 2.45) is 5.92 Å². The number of aliphatic hydroxyl groups is 1. The number of nitro groups is 1. The maximum absolute atomic E-state index is 10.9. The number of hydrogen-bond acceptors (Lipinski definition) is 5. The molecule has 0 aliphatic carbocycles. The normalized spacial score (nSPS) is 12.8. The molecule has 0 amide bonds. The van der Waals surface area contributed by atoms with Gasteiger partial charge in [-0.1, -0.05) is 37.3 Å². The third-order valence-electron chi connectivity index (χ3n) is 4.42. The predicted octanol–water partition coefficient (Wildman–Crippen LogP) is 4.15. The Kier molecular flexibility index (Phi) is 6.93. The van der Waals surface area contributed by atoms with Gasteiger partial charge >= 0.3 is 0 Å². The maximum atomic E-state index is 10.9. The van der Waals surface area contributed by atoms with Crippen LogP contribution in [0.25, 0.3) is 0 Å². The number of hydrogen-bond donors (Lipinski definition) is 1. The molecule has 0 aromatic heterocycles. The van der Waals surface area contributed by atoms with E-state index < -0.39 is 10.6 Å². The van der Waals surface area contributed by atoms with E-state index in [1.54, 1.807) is 32.9 Å². The lowest BCUT2D eigenvalue weighted by Crippen LogP contribution is -2.46. The fourth-order valence-electron chi connectivity index (χ4n) is 2.88. The van der Waals surface area contributed by atoms with Crippen molar-refractivity contribution in [3.05, 3.63) is 69.8 Å². The molecule has 0 heterocycles. The highest BCUT2D eigenvalue weighted by Crippen LogP contribution is 2.24. The van der Waals surface area contributed by atoms with E-state index in [0.29, 0.717) is 31.0 Å². The summed E-state index contributed by atoms with van der Waals surface area (Å²) in [6, 6.07) is 14.8. The summed E-state index contributed by atoms with van der Waals surface area (Å²) < 4.78 is 5.82. The summed E-state index contributed by atoms with van der Waals surface area (Å²) in [4.78, 5) is 12.5. The first kappa shape index (κ1) is 20.9. The summed E-state index contributed by atoms with van der Waals surface area (Å²) in [5, 5.41) is 21.4. The molecule has 0 saturated heterocycles. The first-order valence-corrected chi connectivity index (χ1v) is 9.06. The van der Waals surface area contributed by atoms with Crippen LogP contribution in [0.3, 0.4) is 0 Å². The minimum Gasteiger partial charge on any atom is -0.493 e. The van der Waals surface area contributed by atoms with E-state index >= 15 is 0 Å². The van der Waals surface area contributed by atoms with Crippen LogP contribution >= 0.6 is 0 Å². The van der Waals surface area contributed by atoms with Crippen molar-refractivity contribution in [3.63, 3.8) is 0 Å². The molecule has 0 saturated carbocycles. The van der Waals surface area contributed by atoms with Crippen molar-refractivity contribution in [2.75, 3.05) is 13.2 Å². The summed E-state index contributed by atoms with van der Waals surface area (Å²) in [5.41, 5.74) is 0.853. The number of ether oxygens (including phenoxy) is 1. The Hall–Kier alpha value is -2.44. The SMILES string of the molecule is Cc1cc(OCC(C)CN(Cc2ccccc2)C(C)(C)O)ccc1[N+](=O)[O-]. The average molecular weight is 372 g/mol. The Morgan fingerprint density at radius 3 is 2.44 bits per heavy atom. The van der Waals surface area contributed by atoms with Crippen LogP contribution in [0, 0.1) is 23.0 Å². The van der Waals surface area contributed by atoms with Crippen molar-refractivity contribution in [2.45, 2.75) is 40.0 Å². The molecule has 0 spiro atoms. The third-order valence-corrected chi connectivity index (χ3v) is 4.42. The van der Waals surface area contributed by atoms with E-state index in [1.165, 1.54) is 6.07 Å². The largest absolute Gasteiger partial charge is 0.493 e. The lowest BCUT2D eigenvalue weighted by atomic mass is 10.1. The second-order valence-corrected chi connectivity index (χ2v) is 7.48. The van der Waals surface area contributed by atoms with Crippen LogP contribution in [0.1, 0.15) is 31.9 Å². The number of nitrogens with zero attached hydrogens (tertiary/aromatic N) is 2. The predicted molar refractivity (Wildman–Crippen MR) is 106 cm³/mol. The molecule has 1 atom stereocenters. The Bertz CT molecular complexity index is 757. The Morgan fingerprint density at radius 2 is 1.89 bits per heavy atom. The molecule has 0 radical (unpaired) electrons. The van der Waals surface area contributed by atoms with E-state index in [1.807, 2.05) is 35.2 Å². The van der Waals surface area contributed by atoms with Gasteiger partial charge in [0.25, 0.3) is 5.69 Å². The fourth-order valence-corrected chi connectivity index (χ4v) is 2.88. The zero-order chi connectivity index (χ0) is 20.0. The highest BCUT2D eigenvalue weighted by atomic mass is 16.6. The summed E-state index contributed by atoms with van der Waals surface area (Å²) in [5.74, 6) is 0.776. The Morgan fingerprint density at radius 1 is 1.22 bits per heavy atom. The monoisotopic (exact) mass is 372 g/mol. The summed E-state index contributed by atoms with van der Waals surface area (Å²) in [6.07, 6.45) is 0. The van der Waals surface area contributed by atoms with Gasteiger partial charge in [0.05, 0.1) is 11.5 Å². The van der Waals surface area contributed by atoms with Crippen molar-refractivity contribution < 1.29 is 14.8 Å². The maximum Gasteiger partial charge on any atom is 0.272 e. The lowest BCUT2D eigenvalue weighted by Gasteiger charge is -2.36. The number of aryl methyl sites for hydroxylation is 1. The van der Waals surface area contributed by atoms with Crippen LogP contribution in [-0.4, -0.2) is 33.8 Å². The lowest BCUT2D eigenvalue weighted by molar-refractivity contribution is -0.385. The summed E-state index contributed by atoms with van der Waals surface area (Å²) in [6.45, 7) is 9.08. The minimum atomic E-state index is -0.950. The van der Waals surface area contributed by atoms with Gasteiger partial charge in [-0.3, -0.25) is 15.0 Å². The van der Waals surface area contributed by atoms with Crippen LogP contribution < -0.4 is 4.74 Å². The zero-order valence-corrected chi connectivity index (χ0v) is 16.4. The van der Waals surface area contributed by atoms with E-state index in [9.17, 15) is 15.2 Å².